The molecule has 0 aromatic heterocycles. The van der Waals surface area contributed by atoms with E-state index in [9.17, 15) is 26.3 Å². The smallest absolute Gasteiger partial charge is 0.348 e. The van der Waals surface area contributed by atoms with E-state index in [2.05, 4.69) is 4.74 Å². The Kier molecular flexibility index (Phi) is 5.05. The summed E-state index contributed by atoms with van der Waals surface area (Å²) in [6.07, 6.45) is -17.6. The quantitative estimate of drug-likeness (QED) is 0.649. The highest BCUT2D eigenvalue weighted by Crippen LogP contribution is 2.50. The van der Waals surface area contributed by atoms with E-state index in [0.717, 1.165) is 0 Å². The fraction of sp³-hybridized carbons (Fsp3) is 1.00. The van der Waals surface area contributed by atoms with Crippen LogP contribution in [0.4, 0.5) is 26.3 Å². The van der Waals surface area contributed by atoms with Crippen LogP contribution in [-0.2, 0) is 28.4 Å². The molecule has 3 heterocycles. The van der Waals surface area contributed by atoms with Gasteiger partial charge in [0.2, 0.25) is 0 Å². The van der Waals surface area contributed by atoms with Crippen molar-refractivity contribution < 1.29 is 54.8 Å². The Bertz CT molecular complexity index is 589. The Balaban J connectivity index is 1.87. The molecule has 0 bridgehead atoms. The molecule has 5 atom stereocenters. The Morgan fingerprint density at radius 3 is 1.79 bits per heavy atom. The van der Waals surface area contributed by atoms with Crippen molar-refractivity contribution in [3.05, 3.63) is 0 Å². The van der Waals surface area contributed by atoms with Crippen LogP contribution in [-0.4, -0.2) is 66.8 Å². The molecule has 0 amide bonds. The highest BCUT2D eigenvalue weighted by molar-refractivity contribution is 5.02. The molecule has 3 saturated heterocycles. The number of alkyl halides is 6. The lowest BCUT2D eigenvalue weighted by Crippen LogP contribution is -2.59. The van der Waals surface area contributed by atoms with E-state index in [-0.39, 0.29) is 13.5 Å². The second kappa shape index (κ2) is 6.42. The average molecular weight is 424 g/mol. The zero-order chi connectivity index (χ0) is 21.3. The first-order valence-electron chi connectivity index (χ1n) is 8.60. The number of rotatable bonds is 3. The molecule has 0 aromatic carbocycles. The molecule has 3 rings (SSSR count). The highest BCUT2D eigenvalue weighted by atomic mass is 19.4. The molecule has 28 heavy (non-hydrogen) atoms. The fourth-order valence-corrected chi connectivity index (χ4v) is 3.39. The van der Waals surface area contributed by atoms with Gasteiger partial charge in [0.25, 0.3) is 5.60 Å². The molecule has 3 fully saturated rings. The lowest BCUT2D eigenvalue weighted by atomic mass is 10.0. The molecule has 0 saturated carbocycles. The van der Waals surface area contributed by atoms with Gasteiger partial charge in [0.15, 0.2) is 17.9 Å². The van der Waals surface area contributed by atoms with Crippen LogP contribution in [0.25, 0.3) is 0 Å². The van der Waals surface area contributed by atoms with Crippen LogP contribution in [0, 0.1) is 0 Å². The predicted molar refractivity (Wildman–Crippen MR) is 79.0 cm³/mol. The van der Waals surface area contributed by atoms with Gasteiger partial charge in [0, 0.05) is 0 Å². The van der Waals surface area contributed by atoms with Crippen LogP contribution < -0.4 is 0 Å². The zero-order valence-electron chi connectivity index (χ0n) is 15.8. The van der Waals surface area contributed by atoms with Crippen molar-refractivity contribution in [3.8, 4) is 0 Å². The molecule has 164 valence electrons. The van der Waals surface area contributed by atoms with Crippen LogP contribution in [0.2, 0.25) is 0 Å². The molecule has 3 aliphatic heterocycles. The van der Waals surface area contributed by atoms with Crippen LogP contribution in [0.5, 0.6) is 0 Å². The van der Waals surface area contributed by atoms with Crippen molar-refractivity contribution in [2.75, 3.05) is 6.61 Å². The van der Waals surface area contributed by atoms with Crippen molar-refractivity contribution in [2.45, 2.75) is 94.9 Å². The molecular formula is C16H22F6O6. The maximum Gasteiger partial charge on any atom is 0.426 e. The summed E-state index contributed by atoms with van der Waals surface area (Å²) in [7, 11) is 0. The van der Waals surface area contributed by atoms with Gasteiger partial charge >= 0.3 is 12.4 Å². The van der Waals surface area contributed by atoms with Gasteiger partial charge in [-0.1, -0.05) is 0 Å². The molecule has 0 spiro atoms. The van der Waals surface area contributed by atoms with E-state index in [1.54, 1.807) is 13.8 Å². The number of halogens is 6. The molecule has 0 unspecified atom stereocenters. The van der Waals surface area contributed by atoms with Gasteiger partial charge in [-0.05, 0) is 34.6 Å². The number of hydrogen-bond donors (Lipinski definition) is 0. The fourth-order valence-electron chi connectivity index (χ4n) is 3.39. The third-order valence-electron chi connectivity index (χ3n) is 4.88. The van der Waals surface area contributed by atoms with Crippen LogP contribution >= 0.6 is 0 Å². The Morgan fingerprint density at radius 1 is 0.786 bits per heavy atom. The molecule has 0 aromatic rings. The first-order valence-corrected chi connectivity index (χ1v) is 8.60. The van der Waals surface area contributed by atoms with E-state index in [1.807, 2.05) is 0 Å². The normalized spacial score (nSPS) is 38.0. The van der Waals surface area contributed by atoms with Gasteiger partial charge < -0.3 is 28.4 Å². The van der Waals surface area contributed by atoms with Gasteiger partial charge in [-0.3, -0.25) is 0 Å². The largest absolute Gasteiger partial charge is 0.426 e. The zero-order valence-corrected chi connectivity index (χ0v) is 15.8. The lowest BCUT2D eigenvalue weighted by Gasteiger charge is -2.36. The van der Waals surface area contributed by atoms with E-state index in [0.29, 0.717) is 0 Å². The van der Waals surface area contributed by atoms with Gasteiger partial charge in [0.1, 0.15) is 24.4 Å². The van der Waals surface area contributed by atoms with E-state index < -0.39 is 60.2 Å². The van der Waals surface area contributed by atoms with E-state index >= 15 is 0 Å². The van der Waals surface area contributed by atoms with Crippen molar-refractivity contribution in [3.63, 3.8) is 0 Å². The minimum atomic E-state index is -5.73. The summed E-state index contributed by atoms with van der Waals surface area (Å²) in [5.41, 5.74) is -4.45. The Morgan fingerprint density at radius 2 is 1.32 bits per heavy atom. The molecule has 6 nitrogen and oxygen atoms in total. The maximum atomic E-state index is 13.2. The van der Waals surface area contributed by atoms with Crippen LogP contribution in [0.1, 0.15) is 34.6 Å². The summed E-state index contributed by atoms with van der Waals surface area (Å²) in [6, 6.07) is 0. The second-order valence-corrected chi connectivity index (χ2v) is 8.05. The maximum absolute atomic E-state index is 13.2. The van der Waals surface area contributed by atoms with E-state index in [4.69, 9.17) is 23.7 Å². The molecular weight excluding hydrogens is 402 g/mol. The first-order chi connectivity index (χ1) is 12.5. The average Bonchev–Trinajstić information content (AvgIpc) is 3.08. The number of hydrogen-bond acceptors (Lipinski definition) is 6. The van der Waals surface area contributed by atoms with Gasteiger partial charge in [-0.25, -0.2) is 0 Å². The van der Waals surface area contributed by atoms with Crippen molar-refractivity contribution in [1.82, 2.24) is 0 Å². The standard InChI is InChI=1S/C16H22F6O6/c1-12(2)23-6-7(25-12)8-9-10(27-13(3,4)26-9)11(24-8)28-14(5,15(17,18)19)16(20,21)22/h7-11H,6H2,1-5H3/t7-,8-,9+,10+,11-/m1/s1. The van der Waals surface area contributed by atoms with Crippen molar-refractivity contribution in [1.29, 1.82) is 0 Å². The summed E-state index contributed by atoms with van der Waals surface area (Å²) >= 11 is 0. The minimum Gasteiger partial charge on any atom is -0.348 e. The number of ether oxygens (including phenoxy) is 6. The molecule has 3 aliphatic rings. The summed E-state index contributed by atoms with van der Waals surface area (Å²) in [5.74, 6) is -2.23. The number of fused-ring (bicyclic) bond motifs is 1. The van der Waals surface area contributed by atoms with Crippen molar-refractivity contribution in [2.24, 2.45) is 0 Å². The van der Waals surface area contributed by atoms with Crippen LogP contribution in [0.15, 0.2) is 0 Å². The molecule has 0 radical (unpaired) electrons. The first kappa shape index (κ1) is 22.0. The summed E-state index contributed by atoms with van der Waals surface area (Å²) in [5, 5.41) is 0. The van der Waals surface area contributed by atoms with E-state index in [1.165, 1.54) is 13.8 Å². The predicted octanol–water partition coefficient (Wildman–Crippen LogP) is 3.28. The van der Waals surface area contributed by atoms with Gasteiger partial charge in [0.05, 0.1) is 6.61 Å². The third kappa shape index (κ3) is 3.74. The topological polar surface area (TPSA) is 55.4 Å². The monoisotopic (exact) mass is 424 g/mol. The highest BCUT2D eigenvalue weighted by Gasteiger charge is 2.72. The Labute approximate surface area is 157 Å². The molecule has 0 aliphatic carbocycles. The molecule has 0 N–H and O–H groups in total. The summed E-state index contributed by atoms with van der Waals surface area (Å²) < 4.78 is 112. The van der Waals surface area contributed by atoms with Gasteiger partial charge in [-0.15, -0.1) is 0 Å². The van der Waals surface area contributed by atoms with Crippen molar-refractivity contribution >= 4 is 0 Å². The van der Waals surface area contributed by atoms with Gasteiger partial charge in [-0.2, -0.15) is 26.3 Å². The summed E-state index contributed by atoms with van der Waals surface area (Å²) in [4.78, 5) is 0. The SMILES string of the molecule is CC1(C)O[C@@H]2[C@H](O1)[C@@H](OC(C)(C(F)(F)F)C(F)(F)F)O[C@@H]2[C@H]1COC(C)(C)O1. The van der Waals surface area contributed by atoms with Crippen LogP contribution in [0.3, 0.4) is 0 Å². The Hall–Kier alpha value is -0.660. The molecule has 12 heteroatoms. The second-order valence-electron chi connectivity index (χ2n) is 8.05. The minimum absolute atomic E-state index is 0.0210. The lowest BCUT2D eigenvalue weighted by molar-refractivity contribution is -0.408. The third-order valence-corrected chi connectivity index (χ3v) is 4.88. The summed E-state index contributed by atoms with van der Waals surface area (Å²) in [6.45, 7) is 6.15.